The van der Waals surface area contributed by atoms with E-state index in [1.807, 2.05) is 0 Å². The first-order chi connectivity index (χ1) is 8.67. The summed E-state index contributed by atoms with van der Waals surface area (Å²) in [5.41, 5.74) is 2.62. The molecular weight excluding hydrogens is 222 g/mol. The zero-order valence-corrected chi connectivity index (χ0v) is 12.0. The smallest absolute Gasteiger partial charge is 0.123 e. The van der Waals surface area contributed by atoms with E-state index in [4.69, 9.17) is 4.74 Å². The van der Waals surface area contributed by atoms with Crippen LogP contribution in [0, 0.1) is 18.8 Å². The van der Waals surface area contributed by atoms with Gasteiger partial charge in [0.25, 0.3) is 0 Å². The summed E-state index contributed by atoms with van der Waals surface area (Å²) < 4.78 is 5.54. The first kappa shape index (κ1) is 13.4. The summed E-state index contributed by atoms with van der Waals surface area (Å²) in [7, 11) is 3.83. The van der Waals surface area contributed by atoms with Crippen LogP contribution in [0.4, 0.5) is 0 Å². The van der Waals surface area contributed by atoms with Crippen molar-refractivity contribution in [2.24, 2.45) is 11.8 Å². The van der Waals surface area contributed by atoms with E-state index in [0.29, 0.717) is 6.04 Å². The van der Waals surface area contributed by atoms with Crippen LogP contribution in [0.3, 0.4) is 0 Å². The third-order valence-corrected chi connectivity index (χ3v) is 4.39. The lowest BCUT2D eigenvalue weighted by atomic mass is 9.85. The quantitative estimate of drug-likeness (QED) is 0.876. The van der Waals surface area contributed by atoms with Crippen molar-refractivity contribution in [3.8, 4) is 5.75 Å². The average Bonchev–Trinajstić information content (AvgIpc) is 2.77. The number of aryl methyl sites for hydroxylation is 1. The SMILES string of the molecule is CNC(c1cc(C)ccc1OC)C1CCCC1C. The molecule has 2 heteroatoms. The van der Waals surface area contributed by atoms with Crippen LogP contribution in [0.25, 0.3) is 0 Å². The second-order valence-corrected chi connectivity index (χ2v) is 5.58. The molecule has 1 saturated carbocycles. The highest BCUT2D eigenvalue weighted by Crippen LogP contribution is 2.42. The predicted molar refractivity (Wildman–Crippen MR) is 76.0 cm³/mol. The first-order valence-corrected chi connectivity index (χ1v) is 6.99. The van der Waals surface area contributed by atoms with E-state index in [0.717, 1.165) is 17.6 Å². The zero-order chi connectivity index (χ0) is 13.1. The average molecular weight is 247 g/mol. The fourth-order valence-corrected chi connectivity index (χ4v) is 3.37. The Bertz CT molecular complexity index is 402. The van der Waals surface area contributed by atoms with E-state index < -0.39 is 0 Å². The minimum atomic E-state index is 0.414. The Hall–Kier alpha value is -1.02. The molecule has 0 radical (unpaired) electrons. The van der Waals surface area contributed by atoms with Gasteiger partial charge in [-0.25, -0.2) is 0 Å². The Balaban J connectivity index is 2.34. The molecule has 1 aliphatic carbocycles. The van der Waals surface area contributed by atoms with Crippen molar-refractivity contribution in [1.29, 1.82) is 0 Å². The molecule has 1 aromatic rings. The van der Waals surface area contributed by atoms with Gasteiger partial charge in [0.2, 0.25) is 0 Å². The summed E-state index contributed by atoms with van der Waals surface area (Å²) in [5.74, 6) is 2.54. The highest BCUT2D eigenvalue weighted by molar-refractivity contribution is 5.39. The van der Waals surface area contributed by atoms with Crippen molar-refractivity contribution in [2.45, 2.75) is 39.2 Å². The molecule has 0 aromatic heterocycles. The Labute approximate surface area is 111 Å². The van der Waals surface area contributed by atoms with Gasteiger partial charge in [0.1, 0.15) is 5.75 Å². The highest BCUT2D eigenvalue weighted by atomic mass is 16.5. The Kier molecular flexibility index (Phi) is 4.28. The maximum atomic E-state index is 5.54. The molecule has 0 amide bonds. The topological polar surface area (TPSA) is 21.3 Å². The molecule has 1 fully saturated rings. The van der Waals surface area contributed by atoms with Crippen LogP contribution < -0.4 is 10.1 Å². The minimum absolute atomic E-state index is 0.414. The van der Waals surface area contributed by atoms with Crippen molar-refractivity contribution in [1.82, 2.24) is 5.32 Å². The van der Waals surface area contributed by atoms with Crippen LogP contribution in [0.15, 0.2) is 18.2 Å². The summed E-state index contributed by atoms with van der Waals surface area (Å²) in [6.45, 7) is 4.53. The van der Waals surface area contributed by atoms with Crippen molar-refractivity contribution < 1.29 is 4.74 Å². The molecular formula is C16H25NO. The highest BCUT2D eigenvalue weighted by Gasteiger charge is 2.32. The number of hydrogen-bond donors (Lipinski definition) is 1. The van der Waals surface area contributed by atoms with Crippen LogP contribution in [-0.4, -0.2) is 14.2 Å². The summed E-state index contributed by atoms with van der Waals surface area (Å²) in [4.78, 5) is 0. The number of nitrogens with one attached hydrogen (secondary N) is 1. The molecule has 1 aliphatic rings. The van der Waals surface area contributed by atoms with E-state index in [1.54, 1.807) is 7.11 Å². The number of rotatable bonds is 4. The number of ether oxygens (including phenoxy) is 1. The summed E-state index contributed by atoms with van der Waals surface area (Å²) in [6, 6.07) is 6.89. The molecule has 3 unspecified atom stereocenters. The predicted octanol–water partition coefficient (Wildman–Crippen LogP) is 3.70. The van der Waals surface area contributed by atoms with E-state index in [9.17, 15) is 0 Å². The molecule has 100 valence electrons. The van der Waals surface area contributed by atoms with Crippen molar-refractivity contribution >= 4 is 0 Å². The van der Waals surface area contributed by atoms with Gasteiger partial charge in [-0.1, -0.05) is 37.5 Å². The van der Waals surface area contributed by atoms with Crippen LogP contribution in [0.5, 0.6) is 5.75 Å². The van der Waals surface area contributed by atoms with Gasteiger partial charge >= 0.3 is 0 Å². The minimum Gasteiger partial charge on any atom is -0.496 e. The van der Waals surface area contributed by atoms with Gasteiger partial charge in [-0.15, -0.1) is 0 Å². The van der Waals surface area contributed by atoms with Crippen molar-refractivity contribution in [3.05, 3.63) is 29.3 Å². The lowest BCUT2D eigenvalue weighted by Gasteiger charge is -2.28. The maximum absolute atomic E-state index is 5.54. The number of benzene rings is 1. The summed E-state index contributed by atoms with van der Waals surface area (Å²) >= 11 is 0. The summed E-state index contributed by atoms with van der Waals surface area (Å²) in [6.07, 6.45) is 4.04. The van der Waals surface area contributed by atoms with Gasteiger partial charge in [0, 0.05) is 11.6 Å². The monoisotopic (exact) mass is 247 g/mol. The van der Waals surface area contributed by atoms with Crippen molar-refractivity contribution in [3.63, 3.8) is 0 Å². The van der Waals surface area contributed by atoms with E-state index in [2.05, 4.69) is 44.4 Å². The van der Waals surface area contributed by atoms with Crippen molar-refractivity contribution in [2.75, 3.05) is 14.2 Å². The van der Waals surface area contributed by atoms with Crippen LogP contribution >= 0.6 is 0 Å². The lowest BCUT2D eigenvalue weighted by molar-refractivity contribution is 0.305. The molecule has 3 atom stereocenters. The third kappa shape index (κ3) is 2.54. The Morgan fingerprint density at radius 3 is 2.67 bits per heavy atom. The summed E-state index contributed by atoms with van der Waals surface area (Å²) in [5, 5.41) is 3.51. The Morgan fingerprint density at radius 2 is 2.11 bits per heavy atom. The molecule has 0 bridgehead atoms. The fourth-order valence-electron chi connectivity index (χ4n) is 3.37. The molecule has 18 heavy (non-hydrogen) atoms. The third-order valence-electron chi connectivity index (χ3n) is 4.39. The first-order valence-electron chi connectivity index (χ1n) is 6.99. The number of hydrogen-bond acceptors (Lipinski definition) is 2. The second kappa shape index (κ2) is 5.75. The molecule has 1 N–H and O–H groups in total. The molecule has 0 spiro atoms. The second-order valence-electron chi connectivity index (χ2n) is 5.58. The normalized spacial score (nSPS) is 25.1. The van der Waals surface area contributed by atoms with E-state index in [1.165, 1.54) is 30.4 Å². The molecule has 1 aromatic carbocycles. The van der Waals surface area contributed by atoms with Gasteiger partial charge in [0.05, 0.1) is 7.11 Å². The van der Waals surface area contributed by atoms with Gasteiger partial charge in [-0.3, -0.25) is 0 Å². The van der Waals surface area contributed by atoms with E-state index in [-0.39, 0.29) is 0 Å². The van der Waals surface area contributed by atoms with Crippen LogP contribution in [0.2, 0.25) is 0 Å². The maximum Gasteiger partial charge on any atom is 0.123 e. The number of methoxy groups -OCH3 is 1. The molecule has 0 heterocycles. The van der Waals surface area contributed by atoms with Gasteiger partial charge in [-0.05, 0) is 38.3 Å². The van der Waals surface area contributed by atoms with Crippen LogP contribution in [-0.2, 0) is 0 Å². The lowest BCUT2D eigenvalue weighted by Crippen LogP contribution is -2.27. The zero-order valence-electron chi connectivity index (χ0n) is 12.0. The van der Waals surface area contributed by atoms with Gasteiger partial charge in [0.15, 0.2) is 0 Å². The van der Waals surface area contributed by atoms with E-state index >= 15 is 0 Å². The largest absolute Gasteiger partial charge is 0.496 e. The molecule has 2 rings (SSSR count). The fraction of sp³-hybridized carbons (Fsp3) is 0.625. The molecule has 0 aliphatic heterocycles. The van der Waals surface area contributed by atoms with Gasteiger partial charge in [-0.2, -0.15) is 0 Å². The Morgan fingerprint density at radius 1 is 1.33 bits per heavy atom. The van der Waals surface area contributed by atoms with Crippen LogP contribution in [0.1, 0.15) is 43.4 Å². The molecule has 2 nitrogen and oxygen atoms in total. The standard InChI is InChI=1S/C16H25NO/c1-11-8-9-15(18-4)14(10-11)16(17-3)13-7-5-6-12(13)2/h8-10,12-13,16-17H,5-7H2,1-4H3. The molecule has 0 saturated heterocycles. The van der Waals surface area contributed by atoms with Gasteiger partial charge < -0.3 is 10.1 Å².